The monoisotopic (exact) mass is 641 g/mol. The molecule has 4 aromatic rings. The van der Waals surface area contributed by atoms with Crippen LogP contribution in [-0.4, -0.2) is 71.7 Å². The summed E-state index contributed by atoms with van der Waals surface area (Å²) in [6.07, 6.45) is 3.63. The maximum absolute atomic E-state index is 14.2. The molecule has 3 atom stereocenters. The van der Waals surface area contributed by atoms with E-state index in [1.807, 2.05) is 94.5 Å². The Morgan fingerprint density at radius 3 is 2.43 bits per heavy atom. The van der Waals surface area contributed by atoms with Gasteiger partial charge >= 0.3 is 0 Å². The van der Waals surface area contributed by atoms with Crippen LogP contribution in [0.5, 0.6) is 0 Å². The first-order valence-corrected chi connectivity index (χ1v) is 15.8. The van der Waals surface area contributed by atoms with Crippen molar-refractivity contribution in [2.24, 2.45) is 5.73 Å². The summed E-state index contributed by atoms with van der Waals surface area (Å²) in [5, 5.41) is 6.48. The average Bonchev–Trinajstić information content (AvgIpc) is 3.71. The van der Waals surface area contributed by atoms with Gasteiger partial charge in [-0.25, -0.2) is 9.78 Å². The van der Waals surface area contributed by atoms with Gasteiger partial charge in [0, 0.05) is 29.3 Å². The summed E-state index contributed by atoms with van der Waals surface area (Å²) in [4.78, 5) is 52.3. The predicted octanol–water partition coefficient (Wildman–Crippen LogP) is 4.18. The maximum atomic E-state index is 14.2. The first-order chi connectivity index (χ1) is 22.7. The molecule has 0 radical (unpaired) electrons. The van der Waals surface area contributed by atoms with E-state index in [9.17, 15) is 14.4 Å². The molecule has 1 saturated heterocycles. The van der Waals surface area contributed by atoms with Crippen LogP contribution in [0.4, 0.5) is 5.69 Å². The summed E-state index contributed by atoms with van der Waals surface area (Å²) in [6, 6.07) is 25.0. The number of rotatable bonds is 14. The first-order valence-electron chi connectivity index (χ1n) is 15.8. The van der Waals surface area contributed by atoms with E-state index in [4.69, 9.17) is 20.2 Å². The lowest BCUT2D eigenvalue weighted by Crippen LogP contribution is -2.56. The van der Waals surface area contributed by atoms with Gasteiger partial charge in [-0.2, -0.15) is 0 Å². The summed E-state index contributed by atoms with van der Waals surface area (Å²) >= 11 is 0. The Bertz CT molecular complexity index is 1650. The molecule has 248 valence electrons. The Hall–Kier alpha value is -4.55. The Kier molecular flexibility index (Phi) is 11.0. The second kappa shape index (κ2) is 15.4. The van der Waals surface area contributed by atoms with Crippen molar-refractivity contribution in [3.05, 3.63) is 102 Å². The molecule has 1 aliphatic heterocycles. The molecular formula is C36H43N5O6. The van der Waals surface area contributed by atoms with E-state index >= 15 is 0 Å². The number of carbonyl (C=O) groups excluding carboxylic acids is 3. The van der Waals surface area contributed by atoms with Gasteiger partial charge in [0.15, 0.2) is 0 Å². The molecule has 5 rings (SSSR count). The molecule has 3 aromatic carbocycles. The van der Waals surface area contributed by atoms with Crippen LogP contribution in [0, 0.1) is 0 Å². The minimum absolute atomic E-state index is 0.0230. The van der Waals surface area contributed by atoms with Gasteiger partial charge in [0.2, 0.25) is 11.8 Å². The SMILES string of the molecule is COOCC1CCCN1C(=O)C(c1ccccc1)n1ccc2cc(NC(=O)C(COCc3ccccc3)NC(=O)C(C)(C)N)ccc21. The Morgan fingerprint density at radius 1 is 1.00 bits per heavy atom. The lowest BCUT2D eigenvalue weighted by molar-refractivity contribution is -0.278. The van der Waals surface area contributed by atoms with Gasteiger partial charge in [0.05, 0.1) is 31.9 Å². The maximum Gasteiger partial charge on any atom is 0.250 e. The molecule has 47 heavy (non-hydrogen) atoms. The third-order valence-corrected chi connectivity index (χ3v) is 8.26. The fourth-order valence-electron chi connectivity index (χ4n) is 5.75. The second-order valence-corrected chi connectivity index (χ2v) is 12.3. The largest absolute Gasteiger partial charge is 0.374 e. The molecule has 0 saturated carbocycles. The molecule has 3 amide bonds. The van der Waals surface area contributed by atoms with Gasteiger partial charge in [0.25, 0.3) is 5.91 Å². The van der Waals surface area contributed by atoms with Gasteiger partial charge in [-0.1, -0.05) is 60.7 Å². The number of ether oxygens (including phenoxy) is 1. The zero-order chi connectivity index (χ0) is 33.4. The summed E-state index contributed by atoms with van der Waals surface area (Å²) in [6.45, 7) is 4.33. The summed E-state index contributed by atoms with van der Waals surface area (Å²) < 4.78 is 7.79. The van der Waals surface area contributed by atoms with Crippen molar-refractivity contribution in [3.63, 3.8) is 0 Å². The highest BCUT2D eigenvalue weighted by Crippen LogP contribution is 2.31. The molecule has 2 heterocycles. The van der Waals surface area contributed by atoms with Gasteiger partial charge in [-0.3, -0.25) is 14.4 Å². The number of hydrogen-bond donors (Lipinski definition) is 3. The number of hydrogen-bond acceptors (Lipinski definition) is 7. The van der Waals surface area contributed by atoms with E-state index in [0.29, 0.717) is 18.8 Å². The van der Waals surface area contributed by atoms with Crippen LogP contribution in [0.3, 0.4) is 0 Å². The van der Waals surface area contributed by atoms with Crippen molar-refractivity contribution in [2.75, 3.05) is 32.2 Å². The van der Waals surface area contributed by atoms with Crippen LogP contribution in [0.15, 0.2) is 91.1 Å². The number of anilines is 1. The number of amides is 3. The predicted molar refractivity (Wildman–Crippen MR) is 179 cm³/mol. The van der Waals surface area contributed by atoms with Crippen LogP contribution >= 0.6 is 0 Å². The highest BCUT2D eigenvalue weighted by atomic mass is 17.2. The lowest BCUT2D eigenvalue weighted by atomic mass is 10.0. The molecule has 4 N–H and O–H groups in total. The third kappa shape index (κ3) is 8.44. The molecule has 11 nitrogen and oxygen atoms in total. The number of carbonyl (C=O) groups is 3. The van der Waals surface area contributed by atoms with E-state index in [1.165, 1.54) is 7.11 Å². The second-order valence-electron chi connectivity index (χ2n) is 12.3. The van der Waals surface area contributed by atoms with Crippen molar-refractivity contribution in [1.82, 2.24) is 14.8 Å². The fraction of sp³-hybridized carbons (Fsp3) is 0.361. The number of benzene rings is 3. The van der Waals surface area contributed by atoms with Gasteiger partial charge < -0.3 is 30.6 Å². The zero-order valence-electron chi connectivity index (χ0n) is 27.1. The van der Waals surface area contributed by atoms with Crippen LogP contribution in [0.1, 0.15) is 43.9 Å². The number of nitrogens with zero attached hydrogens (tertiary/aromatic N) is 2. The number of likely N-dealkylation sites (tertiary alicyclic amines) is 1. The molecule has 0 bridgehead atoms. The van der Waals surface area contributed by atoms with Crippen LogP contribution < -0.4 is 16.4 Å². The number of aromatic nitrogens is 1. The minimum atomic E-state index is -1.18. The lowest BCUT2D eigenvalue weighted by Gasteiger charge is -2.30. The average molecular weight is 642 g/mol. The van der Waals surface area contributed by atoms with E-state index in [-0.39, 0.29) is 25.2 Å². The highest BCUT2D eigenvalue weighted by Gasteiger charge is 2.35. The van der Waals surface area contributed by atoms with Crippen molar-refractivity contribution in [2.45, 2.75) is 57.0 Å². The molecule has 0 spiro atoms. The van der Waals surface area contributed by atoms with Crippen molar-refractivity contribution in [1.29, 1.82) is 0 Å². The highest BCUT2D eigenvalue weighted by molar-refractivity contribution is 6.00. The summed E-state index contributed by atoms with van der Waals surface area (Å²) in [5.41, 5.74) is 7.99. The summed E-state index contributed by atoms with van der Waals surface area (Å²) in [7, 11) is 1.47. The molecular weight excluding hydrogens is 598 g/mol. The number of fused-ring (bicyclic) bond motifs is 1. The van der Waals surface area contributed by atoms with Gasteiger partial charge in [-0.05, 0) is 62.1 Å². The van der Waals surface area contributed by atoms with E-state index in [1.54, 1.807) is 19.9 Å². The van der Waals surface area contributed by atoms with Gasteiger partial charge in [0.1, 0.15) is 18.7 Å². The standard InChI is InChI=1S/C36H43N5O6/c1-36(2,37)35(44)39-30(24-46-22-25-11-6-4-7-12-25)33(42)38-28-16-17-31-27(21-28)18-20-41(31)32(26-13-8-5-9-14-26)34(43)40-19-10-15-29(40)23-47-45-3/h4-9,11-14,16-18,20-21,29-30,32H,10,15,19,22-24,37H2,1-3H3,(H,38,42)(H,39,44). The smallest absolute Gasteiger partial charge is 0.250 e. The third-order valence-electron chi connectivity index (χ3n) is 8.26. The first kappa shape index (κ1) is 33.8. The minimum Gasteiger partial charge on any atom is -0.374 e. The number of nitrogens with two attached hydrogens (primary N) is 1. The zero-order valence-corrected chi connectivity index (χ0v) is 27.1. The van der Waals surface area contributed by atoms with Crippen LogP contribution in [0.25, 0.3) is 10.9 Å². The van der Waals surface area contributed by atoms with Crippen molar-refractivity contribution in [3.8, 4) is 0 Å². The van der Waals surface area contributed by atoms with E-state index < -0.39 is 29.4 Å². The molecule has 1 aromatic heterocycles. The van der Waals surface area contributed by atoms with E-state index in [0.717, 1.165) is 34.9 Å². The molecule has 1 fully saturated rings. The van der Waals surface area contributed by atoms with Crippen LogP contribution in [-0.2, 0) is 35.5 Å². The van der Waals surface area contributed by atoms with Crippen LogP contribution in [0.2, 0.25) is 0 Å². The Balaban J connectivity index is 1.36. The molecule has 3 unspecified atom stereocenters. The van der Waals surface area contributed by atoms with E-state index in [2.05, 4.69) is 10.6 Å². The topological polar surface area (TPSA) is 137 Å². The fourth-order valence-corrected chi connectivity index (χ4v) is 5.75. The molecule has 11 heteroatoms. The quantitative estimate of drug-likeness (QED) is 0.139. The molecule has 0 aliphatic carbocycles. The number of nitrogens with one attached hydrogen (secondary N) is 2. The van der Waals surface area contributed by atoms with Crippen molar-refractivity contribution < 1.29 is 28.9 Å². The Morgan fingerprint density at radius 2 is 1.72 bits per heavy atom. The normalized spacial score (nSPS) is 16.2. The van der Waals surface area contributed by atoms with Gasteiger partial charge in [-0.15, -0.1) is 0 Å². The summed E-state index contributed by atoms with van der Waals surface area (Å²) in [5.74, 6) is -0.936. The van der Waals surface area contributed by atoms with Crippen molar-refractivity contribution >= 4 is 34.3 Å². The Labute approximate surface area is 274 Å². The molecule has 1 aliphatic rings.